The van der Waals surface area contributed by atoms with Crippen LogP contribution in [0, 0.1) is 34.5 Å². The quantitative estimate of drug-likeness (QED) is 0.185. The predicted octanol–water partition coefficient (Wildman–Crippen LogP) is 5.41. The highest BCUT2D eigenvalue weighted by atomic mass is 16.6. The summed E-state index contributed by atoms with van der Waals surface area (Å²) in [5.41, 5.74) is 2.64. The van der Waals surface area contributed by atoms with E-state index in [1.54, 1.807) is 6.92 Å². The molecule has 4 aliphatic carbocycles. The van der Waals surface area contributed by atoms with E-state index in [9.17, 15) is 24.0 Å². The summed E-state index contributed by atoms with van der Waals surface area (Å²) in [5, 5.41) is 0. The third kappa shape index (κ3) is 6.99. The second-order valence-electron chi connectivity index (χ2n) is 13.8. The van der Waals surface area contributed by atoms with Crippen LogP contribution in [-0.4, -0.2) is 61.4 Å². The molecule has 0 aliphatic heterocycles. The standard InChI is InChI=1S/C35H50O10/c1-9-41-33(40)32(45-23(6)39)27(18-42-20(3)36)19(2)31-30(44-22(5)38)17-29-26-11-10-24-16-25(43-21(4)37)12-14-34(24,7)28(26)13-15-35(29,31)8/h10,25-30,32H,9,11-18H2,1-8H3/b31-19+. The summed E-state index contributed by atoms with van der Waals surface area (Å²) < 4.78 is 27.9. The number of carbonyl (C=O) groups excluding carboxylic acids is 5. The lowest BCUT2D eigenvalue weighted by atomic mass is 9.47. The van der Waals surface area contributed by atoms with Crippen molar-refractivity contribution in [3.63, 3.8) is 0 Å². The topological polar surface area (TPSA) is 132 Å². The molecule has 9 unspecified atom stereocenters. The third-order valence-electron chi connectivity index (χ3n) is 11.1. The van der Waals surface area contributed by atoms with E-state index in [2.05, 4.69) is 19.9 Å². The molecule has 3 fully saturated rings. The van der Waals surface area contributed by atoms with Crippen molar-refractivity contribution in [3.8, 4) is 0 Å². The predicted molar refractivity (Wildman–Crippen MR) is 163 cm³/mol. The van der Waals surface area contributed by atoms with E-state index in [-0.39, 0.29) is 42.0 Å². The minimum Gasteiger partial charge on any atom is -0.465 e. The summed E-state index contributed by atoms with van der Waals surface area (Å²) in [6, 6.07) is 0. The summed E-state index contributed by atoms with van der Waals surface area (Å²) in [6.45, 7) is 13.4. The lowest BCUT2D eigenvalue weighted by Gasteiger charge is -2.57. The van der Waals surface area contributed by atoms with Crippen LogP contribution in [0.1, 0.15) is 100 Å². The molecule has 0 aromatic heterocycles. The van der Waals surface area contributed by atoms with Gasteiger partial charge < -0.3 is 23.7 Å². The molecular formula is C35H50O10. The van der Waals surface area contributed by atoms with Gasteiger partial charge in [-0.05, 0) is 86.5 Å². The van der Waals surface area contributed by atoms with Gasteiger partial charge in [-0.25, -0.2) is 4.79 Å². The largest absolute Gasteiger partial charge is 0.465 e. The number of hydrogen-bond donors (Lipinski definition) is 0. The van der Waals surface area contributed by atoms with Gasteiger partial charge in [0.2, 0.25) is 6.10 Å². The lowest BCUT2D eigenvalue weighted by Crippen LogP contribution is -2.50. The maximum absolute atomic E-state index is 13.2. The van der Waals surface area contributed by atoms with Crippen molar-refractivity contribution >= 4 is 29.8 Å². The molecule has 0 N–H and O–H groups in total. The van der Waals surface area contributed by atoms with E-state index in [0.29, 0.717) is 23.8 Å². The van der Waals surface area contributed by atoms with Crippen LogP contribution in [0.5, 0.6) is 0 Å². The molecule has 4 rings (SSSR count). The highest BCUT2D eigenvalue weighted by molar-refractivity contribution is 5.79. The number of ether oxygens (including phenoxy) is 5. The van der Waals surface area contributed by atoms with Crippen molar-refractivity contribution < 1.29 is 47.7 Å². The van der Waals surface area contributed by atoms with Gasteiger partial charge in [-0.2, -0.15) is 0 Å². The van der Waals surface area contributed by atoms with E-state index in [0.717, 1.165) is 44.1 Å². The average Bonchev–Trinajstić information content (AvgIpc) is 3.23. The van der Waals surface area contributed by atoms with Gasteiger partial charge in [0.25, 0.3) is 0 Å². The van der Waals surface area contributed by atoms with Crippen LogP contribution in [0.3, 0.4) is 0 Å². The fourth-order valence-corrected chi connectivity index (χ4v) is 9.32. The SMILES string of the molecule is CCOC(=O)C(OC(C)=O)C(COC(C)=O)/C(C)=C1\C(OC(C)=O)CC2C3CC=C4CC(OC(C)=O)CCC4(C)C3CCC12C. The molecule has 10 heteroatoms. The monoisotopic (exact) mass is 630 g/mol. The minimum absolute atomic E-state index is 0.00152. The first-order valence-electron chi connectivity index (χ1n) is 16.3. The fourth-order valence-electron chi connectivity index (χ4n) is 9.32. The molecule has 0 aromatic carbocycles. The van der Waals surface area contributed by atoms with Gasteiger partial charge in [0.05, 0.1) is 12.5 Å². The van der Waals surface area contributed by atoms with E-state index < -0.39 is 42.0 Å². The van der Waals surface area contributed by atoms with Gasteiger partial charge in [0, 0.05) is 34.1 Å². The molecule has 0 radical (unpaired) electrons. The Balaban J connectivity index is 1.77. The molecule has 4 aliphatic rings. The van der Waals surface area contributed by atoms with Crippen molar-refractivity contribution in [2.24, 2.45) is 34.5 Å². The number of hydrogen-bond acceptors (Lipinski definition) is 10. The number of fused-ring (bicyclic) bond motifs is 5. The Labute approximate surface area is 266 Å². The lowest BCUT2D eigenvalue weighted by molar-refractivity contribution is -0.171. The van der Waals surface area contributed by atoms with Gasteiger partial charge in [-0.15, -0.1) is 0 Å². The van der Waals surface area contributed by atoms with Crippen LogP contribution in [0.2, 0.25) is 0 Å². The molecule has 9 atom stereocenters. The summed E-state index contributed by atoms with van der Waals surface area (Å²) >= 11 is 0. The Kier molecular flexibility index (Phi) is 10.5. The van der Waals surface area contributed by atoms with Crippen molar-refractivity contribution in [2.45, 2.75) is 119 Å². The van der Waals surface area contributed by atoms with Crippen molar-refractivity contribution in [1.82, 2.24) is 0 Å². The zero-order chi connectivity index (χ0) is 33.3. The summed E-state index contributed by atoms with van der Waals surface area (Å²) in [6.07, 6.45) is 6.30. The summed E-state index contributed by atoms with van der Waals surface area (Å²) in [4.78, 5) is 61.4. The maximum Gasteiger partial charge on any atom is 0.348 e. The Morgan fingerprint density at radius 2 is 1.51 bits per heavy atom. The molecule has 0 heterocycles. The average molecular weight is 631 g/mol. The van der Waals surface area contributed by atoms with Gasteiger partial charge >= 0.3 is 29.8 Å². The smallest absolute Gasteiger partial charge is 0.348 e. The Morgan fingerprint density at radius 3 is 2.11 bits per heavy atom. The minimum atomic E-state index is -1.34. The third-order valence-corrected chi connectivity index (χ3v) is 11.1. The molecule has 0 saturated heterocycles. The van der Waals surface area contributed by atoms with Crippen LogP contribution >= 0.6 is 0 Å². The number of rotatable bonds is 9. The van der Waals surface area contributed by atoms with Crippen LogP contribution in [0.15, 0.2) is 22.8 Å². The number of allylic oxidation sites excluding steroid dienone is 1. The van der Waals surface area contributed by atoms with Crippen molar-refractivity contribution in [1.29, 1.82) is 0 Å². The second-order valence-corrected chi connectivity index (χ2v) is 13.8. The molecule has 0 aromatic rings. The fraction of sp³-hybridized carbons (Fsp3) is 0.743. The second kappa shape index (κ2) is 13.7. The molecule has 3 saturated carbocycles. The number of carbonyl (C=O) groups is 5. The molecule has 10 nitrogen and oxygen atoms in total. The van der Waals surface area contributed by atoms with Crippen LogP contribution in [-0.2, 0) is 47.7 Å². The van der Waals surface area contributed by atoms with E-state index >= 15 is 0 Å². The highest BCUT2D eigenvalue weighted by Crippen LogP contribution is 2.67. The Morgan fingerprint density at radius 1 is 0.844 bits per heavy atom. The normalized spacial score (nSPS) is 34.4. The van der Waals surface area contributed by atoms with E-state index in [1.807, 2.05) is 6.92 Å². The Hall–Kier alpha value is -3.17. The van der Waals surface area contributed by atoms with Crippen LogP contribution in [0.4, 0.5) is 0 Å². The molecule has 45 heavy (non-hydrogen) atoms. The van der Waals surface area contributed by atoms with Crippen LogP contribution in [0.25, 0.3) is 0 Å². The molecule has 0 amide bonds. The molecule has 0 spiro atoms. The van der Waals surface area contributed by atoms with Gasteiger partial charge in [-0.3, -0.25) is 19.2 Å². The van der Waals surface area contributed by atoms with Crippen molar-refractivity contribution in [2.75, 3.05) is 13.2 Å². The summed E-state index contributed by atoms with van der Waals surface area (Å²) in [5.74, 6) is -2.42. The van der Waals surface area contributed by atoms with Gasteiger partial charge in [-0.1, -0.05) is 31.1 Å². The Bertz CT molecular complexity index is 1260. The number of esters is 5. The zero-order valence-corrected chi connectivity index (χ0v) is 28.1. The van der Waals surface area contributed by atoms with Gasteiger partial charge in [0.1, 0.15) is 18.8 Å². The van der Waals surface area contributed by atoms with E-state index in [1.165, 1.54) is 33.3 Å². The maximum atomic E-state index is 13.2. The molecule has 0 bridgehead atoms. The first-order chi connectivity index (χ1) is 21.1. The van der Waals surface area contributed by atoms with Crippen molar-refractivity contribution in [3.05, 3.63) is 22.8 Å². The van der Waals surface area contributed by atoms with Gasteiger partial charge in [0.15, 0.2) is 0 Å². The summed E-state index contributed by atoms with van der Waals surface area (Å²) in [7, 11) is 0. The van der Waals surface area contributed by atoms with Crippen LogP contribution < -0.4 is 0 Å². The zero-order valence-electron chi connectivity index (χ0n) is 28.1. The van der Waals surface area contributed by atoms with E-state index in [4.69, 9.17) is 23.7 Å². The highest BCUT2D eigenvalue weighted by Gasteiger charge is 2.61. The first kappa shape index (κ1) is 34.7. The molecular weight excluding hydrogens is 580 g/mol. The molecule has 250 valence electrons. The first-order valence-corrected chi connectivity index (χ1v) is 16.3.